The van der Waals surface area contributed by atoms with Gasteiger partial charge >= 0.3 is 0 Å². The molecule has 144 valence electrons. The van der Waals surface area contributed by atoms with Crippen LogP contribution in [0.5, 0.6) is 11.5 Å². The van der Waals surface area contributed by atoms with Gasteiger partial charge < -0.3 is 19.7 Å². The van der Waals surface area contributed by atoms with E-state index in [1.54, 1.807) is 18.2 Å². The molecule has 0 heterocycles. The molecule has 0 spiro atoms. The van der Waals surface area contributed by atoms with Crippen LogP contribution in [0.4, 0.5) is 10.1 Å². The second kappa shape index (κ2) is 9.43. The molecule has 2 amide bonds. The Balaban J connectivity index is 1.89. The van der Waals surface area contributed by atoms with Crippen molar-refractivity contribution >= 4 is 40.7 Å². The molecule has 0 atom stereocenters. The lowest BCUT2D eigenvalue weighted by Gasteiger charge is -2.18. The van der Waals surface area contributed by atoms with Gasteiger partial charge in [-0.05, 0) is 30.3 Å². The van der Waals surface area contributed by atoms with Gasteiger partial charge in [-0.2, -0.15) is 0 Å². The van der Waals surface area contributed by atoms with Crippen molar-refractivity contribution in [2.45, 2.75) is 0 Å². The molecule has 0 fully saturated rings. The SMILES string of the molecule is COc1ccc(Cl)cc1NC(=O)CN(C)C(=O)COc1ccc(F)c(Cl)c1. The maximum atomic E-state index is 13.1. The monoisotopic (exact) mass is 414 g/mol. The Morgan fingerprint density at radius 2 is 1.93 bits per heavy atom. The van der Waals surface area contributed by atoms with Gasteiger partial charge in [0, 0.05) is 18.1 Å². The number of hydrogen-bond donors (Lipinski definition) is 1. The van der Waals surface area contributed by atoms with Crippen molar-refractivity contribution in [3.8, 4) is 11.5 Å². The summed E-state index contributed by atoms with van der Waals surface area (Å²) in [5, 5.41) is 2.96. The molecule has 2 aromatic carbocycles. The number of hydrogen-bond acceptors (Lipinski definition) is 4. The van der Waals surface area contributed by atoms with E-state index in [4.69, 9.17) is 32.7 Å². The Hall–Kier alpha value is -2.51. The van der Waals surface area contributed by atoms with Crippen LogP contribution in [-0.2, 0) is 9.59 Å². The summed E-state index contributed by atoms with van der Waals surface area (Å²) in [6, 6.07) is 8.55. The first-order valence-electron chi connectivity index (χ1n) is 7.75. The normalized spacial score (nSPS) is 10.3. The number of ether oxygens (including phenoxy) is 2. The first-order chi connectivity index (χ1) is 12.8. The van der Waals surface area contributed by atoms with Gasteiger partial charge in [0.15, 0.2) is 6.61 Å². The molecule has 1 N–H and O–H groups in total. The first-order valence-corrected chi connectivity index (χ1v) is 8.51. The van der Waals surface area contributed by atoms with Crippen molar-refractivity contribution in [2.75, 3.05) is 32.6 Å². The molecule has 0 saturated carbocycles. The Morgan fingerprint density at radius 1 is 1.19 bits per heavy atom. The smallest absolute Gasteiger partial charge is 0.260 e. The molecule has 2 rings (SSSR count). The van der Waals surface area contributed by atoms with E-state index in [0.29, 0.717) is 16.5 Å². The molecule has 9 heteroatoms. The van der Waals surface area contributed by atoms with Crippen molar-refractivity contribution in [3.63, 3.8) is 0 Å². The number of nitrogens with zero attached hydrogens (tertiary/aromatic N) is 1. The summed E-state index contributed by atoms with van der Waals surface area (Å²) in [5.41, 5.74) is 0.396. The van der Waals surface area contributed by atoms with Crippen molar-refractivity contribution in [1.29, 1.82) is 0 Å². The lowest BCUT2D eigenvalue weighted by molar-refractivity contribution is -0.135. The van der Waals surface area contributed by atoms with E-state index in [0.717, 1.165) is 6.07 Å². The molecule has 0 aliphatic rings. The van der Waals surface area contributed by atoms with Crippen LogP contribution < -0.4 is 14.8 Å². The summed E-state index contributed by atoms with van der Waals surface area (Å²) in [5.74, 6) is -0.769. The number of carbonyl (C=O) groups is 2. The highest BCUT2D eigenvalue weighted by atomic mass is 35.5. The molecule has 2 aromatic rings. The minimum Gasteiger partial charge on any atom is -0.495 e. The molecule has 0 aliphatic carbocycles. The lowest BCUT2D eigenvalue weighted by Crippen LogP contribution is -2.37. The third-order valence-electron chi connectivity index (χ3n) is 3.50. The Bertz CT molecular complexity index is 848. The van der Waals surface area contributed by atoms with E-state index in [-0.39, 0.29) is 23.9 Å². The summed E-state index contributed by atoms with van der Waals surface area (Å²) in [6.07, 6.45) is 0. The molecule has 27 heavy (non-hydrogen) atoms. The molecule has 6 nitrogen and oxygen atoms in total. The highest BCUT2D eigenvalue weighted by Gasteiger charge is 2.15. The third-order valence-corrected chi connectivity index (χ3v) is 4.02. The van der Waals surface area contributed by atoms with Gasteiger partial charge in [-0.15, -0.1) is 0 Å². The summed E-state index contributed by atoms with van der Waals surface area (Å²) in [6.45, 7) is -0.533. The molecule has 0 aromatic heterocycles. The number of anilines is 1. The van der Waals surface area contributed by atoms with E-state index in [1.807, 2.05) is 0 Å². The van der Waals surface area contributed by atoms with Gasteiger partial charge in [-0.25, -0.2) is 4.39 Å². The molecule has 0 radical (unpaired) electrons. The Morgan fingerprint density at radius 3 is 2.59 bits per heavy atom. The number of amides is 2. The largest absolute Gasteiger partial charge is 0.495 e. The van der Waals surface area contributed by atoms with Crippen LogP contribution in [0.15, 0.2) is 36.4 Å². The summed E-state index contributed by atoms with van der Waals surface area (Å²) < 4.78 is 23.5. The summed E-state index contributed by atoms with van der Waals surface area (Å²) >= 11 is 11.6. The fourth-order valence-corrected chi connectivity index (χ4v) is 2.44. The number of likely N-dealkylation sites (N-methyl/N-ethyl adjacent to an activating group) is 1. The number of rotatable bonds is 7. The number of carbonyl (C=O) groups excluding carboxylic acids is 2. The average molecular weight is 415 g/mol. The maximum Gasteiger partial charge on any atom is 0.260 e. The second-order valence-electron chi connectivity index (χ2n) is 5.51. The molecule has 0 aliphatic heterocycles. The Labute approximate surface area is 165 Å². The zero-order chi connectivity index (χ0) is 20.0. The van der Waals surface area contributed by atoms with Crippen LogP contribution in [0.2, 0.25) is 10.0 Å². The van der Waals surface area contributed by atoms with Crippen LogP contribution in [0.1, 0.15) is 0 Å². The van der Waals surface area contributed by atoms with Crippen LogP contribution in [0, 0.1) is 5.82 Å². The predicted octanol–water partition coefficient (Wildman–Crippen LogP) is 3.62. The minimum atomic E-state index is -0.583. The minimum absolute atomic E-state index is 0.108. The number of nitrogens with one attached hydrogen (secondary N) is 1. The van der Waals surface area contributed by atoms with Crippen molar-refractivity contribution in [2.24, 2.45) is 0 Å². The standard InChI is InChI=1S/C18H17Cl2FN2O4/c1-23(18(25)10-27-12-4-5-14(21)13(20)8-12)9-17(24)22-15-7-11(19)3-6-16(15)26-2/h3-8H,9-10H2,1-2H3,(H,22,24). The summed E-state index contributed by atoms with van der Waals surface area (Å²) in [7, 11) is 2.92. The van der Waals surface area contributed by atoms with Crippen LogP contribution in [0.25, 0.3) is 0 Å². The van der Waals surface area contributed by atoms with Gasteiger partial charge in [0.1, 0.15) is 17.3 Å². The fraction of sp³-hybridized carbons (Fsp3) is 0.222. The lowest BCUT2D eigenvalue weighted by atomic mass is 10.3. The third kappa shape index (κ3) is 6.01. The number of halogens is 3. The quantitative estimate of drug-likeness (QED) is 0.750. The van der Waals surface area contributed by atoms with Crippen molar-refractivity contribution in [3.05, 3.63) is 52.3 Å². The Kier molecular flexibility index (Phi) is 7.27. The predicted molar refractivity (Wildman–Crippen MR) is 101 cm³/mol. The zero-order valence-corrected chi connectivity index (χ0v) is 16.1. The van der Waals surface area contributed by atoms with Gasteiger partial charge in [-0.3, -0.25) is 9.59 Å². The topological polar surface area (TPSA) is 67.9 Å². The van der Waals surface area contributed by atoms with Crippen LogP contribution in [-0.4, -0.2) is 44.0 Å². The molecule has 0 bridgehead atoms. The van der Waals surface area contributed by atoms with Crippen molar-refractivity contribution in [1.82, 2.24) is 4.90 Å². The van der Waals surface area contributed by atoms with E-state index in [1.165, 1.54) is 31.2 Å². The van der Waals surface area contributed by atoms with Gasteiger partial charge in [0.2, 0.25) is 5.91 Å². The average Bonchev–Trinajstić information content (AvgIpc) is 2.62. The fourth-order valence-electron chi connectivity index (χ4n) is 2.09. The van der Waals surface area contributed by atoms with Crippen molar-refractivity contribution < 1.29 is 23.5 Å². The van der Waals surface area contributed by atoms with Gasteiger partial charge in [-0.1, -0.05) is 23.2 Å². The molecular formula is C18H17Cl2FN2O4. The number of benzene rings is 2. The highest BCUT2D eigenvalue weighted by Crippen LogP contribution is 2.27. The first kappa shape index (κ1) is 20.8. The second-order valence-corrected chi connectivity index (χ2v) is 6.35. The molecule has 0 saturated heterocycles. The molecular weight excluding hydrogens is 398 g/mol. The summed E-state index contributed by atoms with van der Waals surface area (Å²) in [4.78, 5) is 25.5. The molecule has 0 unspecified atom stereocenters. The maximum absolute atomic E-state index is 13.1. The zero-order valence-electron chi connectivity index (χ0n) is 14.6. The van der Waals surface area contributed by atoms with Crippen LogP contribution in [0.3, 0.4) is 0 Å². The highest BCUT2D eigenvalue weighted by molar-refractivity contribution is 6.31. The van der Waals surface area contributed by atoms with Crippen LogP contribution >= 0.6 is 23.2 Å². The van der Waals surface area contributed by atoms with Gasteiger partial charge in [0.25, 0.3) is 5.91 Å². The van der Waals surface area contributed by atoms with E-state index in [2.05, 4.69) is 5.32 Å². The van der Waals surface area contributed by atoms with Gasteiger partial charge in [0.05, 0.1) is 24.4 Å². The van der Waals surface area contributed by atoms with E-state index < -0.39 is 17.6 Å². The number of methoxy groups -OCH3 is 1. The van der Waals surface area contributed by atoms with E-state index >= 15 is 0 Å². The van der Waals surface area contributed by atoms with E-state index in [9.17, 15) is 14.0 Å².